The van der Waals surface area contributed by atoms with Crippen LogP contribution in [-0.2, 0) is 32.7 Å². The number of esters is 2. The molecule has 0 aliphatic rings. The monoisotopic (exact) mass is 752 g/mol. The Morgan fingerprint density at radius 2 is 0.902 bits per heavy atom. The summed E-state index contributed by atoms with van der Waals surface area (Å²) in [4.78, 5) is 34.7. The molecule has 0 saturated heterocycles. The van der Waals surface area contributed by atoms with Gasteiger partial charge in [0.05, 0.1) is 13.2 Å². The van der Waals surface area contributed by atoms with Gasteiger partial charge in [0.15, 0.2) is 6.10 Å². The minimum absolute atomic E-state index is 0. The van der Waals surface area contributed by atoms with Crippen molar-refractivity contribution in [2.45, 2.75) is 207 Å². The molecule has 1 radical (unpaired) electrons. The third kappa shape index (κ3) is 40.5. The van der Waals surface area contributed by atoms with Gasteiger partial charge < -0.3 is 14.4 Å². The van der Waals surface area contributed by atoms with E-state index in [4.69, 9.17) is 18.5 Å². The summed E-state index contributed by atoms with van der Waals surface area (Å²) in [6, 6.07) is 0. The van der Waals surface area contributed by atoms with Crippen molar-refractivity contribution in [2.24, 2.45) is 0 Å². The molecule has 1 N–H and O–H groups in total. The topological polar surface area (TPSA) is 108 Å². The quantitative estimate of drug-likeness (QED) is 0.0218. The summed E-state index contributed by atoms with van der Waals surface area (Å²) in [5.41, 5.74) is 0. The normalized spacial score (nSPS) is 13.3. The summed E-state index contributed by atoms with van der Waals surface area (Å²) in [6.45, 7) is 5.45. The van der Waals surface area contributed by atoms with Gasteiger partial charge >= 0.3 is 19.8 Å². The fourth-order valence-electron chi connectivity index (χ4n) is 5.68. The SMILES string of the molecule is CCCCCCCC/C=C\CCCCCCCC(=O)OC[C@H](COP(=O)(O)OCC)OC(=O)CCCCCCC/C=C\CCCCCCCC.[Na]. The van der Waals surface area contributed by atoms with E-state index in [0.29, 0.717) is 6.42 Å². The number of unbranched alkanes of at least 4 members (excludes halogenated alkanes) is 22. The van der Waals surface area contributed by atoms with Crippen molar-refractivity contribution in [1.29, 1.82) is 0 Å². The van der Waals surface area contributed by atoms with Crippen LogP contribution in [0.2, 0.25) is 0 Å². The smallest absolute Gasteiger partial charge is 0.462 e. The van der Waals surface area contributed by atoms with Crippen LogP contribution in [0.5, 0.6) is 0 Å². The first-order valence-corrected chi connectivity index (χ1v) is 22.1. The van der Waals surface area contributed by atoms with Crippen LogP contribution in [0.1, 0.15) is 201 Å². The van der Waals surface area contributed by atoms with E-state index >= 15 is 0 Å². The van der Waals surface area contributed by atoms with E-state index in [1.807, 2.05) is 0 Å². The number of allylic oxidation sites excluding steroid dienone is 4. The maximum absolute atomic E-state index is 12.5. The molecule has 0 bridgehead atoms. The van der Waals surface area contributed by atoms with E-state index in [-0.39, 0.29) is 61.6 Å². The summed E-state index contributed by atoms with van der Waals surface area (Å²) in [5.74, 6) is -0.813. The van der Waals surface area contributed by atoms with Gasteiger partial charge in [-0.2, -0.15) is 0 Å². The van der Waals surface area contributed by atoms with Crippen molar-refractivity contribution >= 4 is 49.3 Å². The Balaban J connectivity index is 0. The van der Waals surface area contributed by atoms with E-state index in [2.05, 4.69) is 38.2 Å². The van der Waals surface area contributed by atoms with E-state index in [9.17, 15) is 19.0 Å². The number of ether oxygens (including phenoxy) is 2. The maximum Gasteiger partial charge on any atom is 0.472 e. The van der Waals surface area contributed by atoms with Crippen molar-refractivity contribution in [3.05, 3.63) is 24.3 Å². The molecule has 1 unspecified atom stereocenters. The Labute approximate surface area is 335 Å². The second-order valence-corrected chi connectivity index (χ2v) is 15.1. The van der Waals surface area contributed by atoms with Crippen molar-refractivity contribution in [2.75, 3.05) is 19.8 Å². The summed E-state index contributed by atoms with van der Waals surface area (Å²) in [6.07, 6.45) is 39.4. The maximum atomic E-state index is 12.5. The van der Waals surface area contributed by atoms with Crippen LogP contribution in [0.3, 0.4) is 0 Å². The molecular formula is C41H77NaO8P. The third-order valence-corrected chi connectivity index (χ3v) is 9.79. The summed E-state index contributed by atoms with van der Waals surface area (Å²) < 4.78 is 32.6. The first-order chi connectivity index (χ1) is 24.3. The fourth-order valence-corrected chi connectivity index (χ4v) is 6.43. The second kappa shape index (κ2) is 40.7. The van der Waals surface area contributed by atoms with Gasteiger partial charge in [0.1, 0.15) is 6.61 Å². The van der Waals surface area contributed by atoms with Crippen molar-refractivity contribution in [3.63, 3.8) is 0 Å². The molecule has 0 aromatic heterocycles. The Bertz CT molecular complexity index is 882. The van der Waals surface area contributed by atoms with Crippen LogP contribution in [0.4, 0.5) is 0 Å². The van der Waals surface area contributed by atoms with Crippen LogP contribution in [0, 0.1) is 0 Å². The Morgan fingerprint density at radius 3 is 1.31 bits per heavy atom. The van der Waals surface area contributed by atoms with Crippen molar-refractivity contribution in [1.82, 2.24) is 0 Å². The molecule has 0 heterocycles. The average molecular weight is 752 g/mol. The average Bonchev–Trinajstić information content (AvgIpc) is 3.09. The molecule has 0 rings (SSSR count). The molecule has 295 valence electrons. The molecule has 0 fully saturated rings. The van der Waals surface area contributed by atoms with Gasteiger partial charge in [-0.15, -0.1) is 0 Å². The third-order valence-electron chi connectivity index (χ3n) is 8.73. The predicted molar refractivity (Wildman–Crippen MR) is 213 cm³/mol. The molecule has 0 spiro atoms. The van der Waals surface area contributed by atoms with Crippen LogP contribution < -0.4 is 0 Å². The second-order valence-electron chi connectivity index (χ2n) is 13.6. The minimum Gasteiger partial charge on any atom is -0.462 e. The van der Waals surface area contributed by atoms with Crippen LogP contribution in [-0.4, -0.2) is 72.3 Å². The van der Waals surface area contributed by atoms with Gasteiger partial charge in [-0.3, -0.25) is 18.6 Å². The number of hydrogen-bond acceptors (Lipinski definition) is 7. The van der Waals surface area contributed by atoms with Gasteiger partial charge in [0.25, 0.3) is 0 Å². The van der Waals surface area contributed by atoms with Gasteiger partial charge in [-0.05, 0) is 71.1 Å². The molecule has 2 atom stereocenters. The number of phosphoric ester groups is 1. The molecule has 10 heteroatoms. The molecule has 51 heavy (non-hydrogen) atoms. The Hall–Kier alpha value is -0.470. The first-order valence-electron chi connectivity index (χ1n) is 20.6. The van der Waals surface area contributed by atoms with E-state index in [1.165, 1.54) is 89.9 Å². The molecule has 0 saturated carbocycles. The molecule has 0 aliphatic heterocycles. The largest absolute Gasteiger partial charge is 0.472 e. The van der Waals surface area contributed by atoms with Crippen LogP contribution in [0.15, 0.2) is 24.3 Å². The molecule has 0 amide bonds. The van der Waals surface area contributed by atoms with Gasteiger partial charge in [-0.25, -0.2) is 4.57 Å². The van der Waals surface area contributed by atoms with Crippen LogP contribution in [0.25, 0.3) is 0 Å². The van der Waals surface area contributed by atoms with Gasteiger partial charge in [-0.1, -0.05) is 141 Å². The van der Waals surface area contributed by atoms with Crippen LogP contribution >= 0.6 is 7.82 Å². The number of rotatable bonds is 38. The molecule has 0 aromatic rings. The first kappa shape index (κ1) is 52.6. The van der Waals surface area contributed by atoms with Gasteiger partial charge in [0, 0.05) is 42.4 Å². The zero-order valence-electron chi connectivity index (χ0n) is 33.6. The van der Waals surface area contributed by atoms with Crippen molar-refractivity contribution in [3.8, 4) is 0 Å². The zero-order chi connectivity index (χ0) is 36.8. The minimum atomic E-state index is -4.28. The number of carbonyl (C=O) groups excluding carboxylic acids is 2. The van der Waals surface area contributed by atoms with Gasteiger partial charge in [0.2, 0.25) is 0 Å². The van der Waals surface area contributed by atoms with Crippen molar-refractivity contribution < 1.29 is 37.6 Å². The Kier molecular flexibility index (Phi) is 42.0. The number of carbonyl (C=O) groups is 2. The van der Waals surface area contributed by atoms with E-state index < -0.39 is 26.5 Å². The molecular weight excluding hydrogens is 674 g/mol. The van der Waals surface area contributed by atoms with E-state index in [1.54, 1.807) is 6.92 Å². The summed E-state index contributed by atoms with van der Waals surface area (Å²) in [7, 11) is -4.28. The molecule has 0 aromatic carbocycles. The summed E-state index contributed by atoms with van der Waals surface area (Å²) >= 11 is 0. The fraction of sp³-hybridized carbons (Fsp3) is 0.854. The summed E-state index contributed by atoms with van der Waals surface area (Å²) in [5, 5.41) is 0. The number of hydrogen-bond donors (Lipinski definition) is 1. The molecule has 8 nitrogen and oxygen atoms in total. The standard InChI is InChI=1S/C41H77O8P.Na/c1-4-7-9-11-13-15-17-19-21-23-25-27-29-31-33-35-40(42)46-37-39(38-48-50(44,45)47-6-3)49-41(43)36-34-32-30-28-26-24-22-20-18-16-14-12-10-8-5-2;/h19-22,39H,4-18,23-38H2,1-3H3,(H,44,45);/b21-19-,22-20-;/t39-;/m1./s1. The number of phosphoric acid groups is 1. The van der Waals surface area contributed by atoms with E-state index in [0.717, 1.165) is 70.6 Å². The predicted octanol–water partition coefficient (Wildman–Crippen LogP) is 12.3. The zero-order valence-corrected chi connectivity index (χ0v) is 36.5. The Morgan fingerprint density at radius 1 is 0.529 bits per heavy atom. The molecule has 0 aliphatic carbocycles.